The molecule has 5 heteroatoms. The van der Waals surface area contributed by atoms with Gasteiger partial charge in [0.2, 0.25) is 0 Å². The highest BCUT2D eigenvalue weighted by molar-refractivity contribution is 7.10. The van der Waals surface area contributed by atoms with E-state index in [1.165, 1.54) is 4.88 Å². The Labute approximate surface area is 130 Å². The molecule has 2 rings (SSSR count). The van der Waals surface area contributed by atoms with Crippen LogP contribution in [0.5, 0.6) is 0 Å². The van der Waals surface area contributed by atoms with E-state index in [0.717, 1.165) is 24.8 Å². The number of hydrogen-bond acceptors (Lipinski definition) is 4. The molecule has 3 atom stereocenters. The molecule has 1 aromatic heterocycles. The van der Waals surface area contributed by atoms with Gasteiger partial charge in [-0.15, -0.1) is 11.3 Å². The molecule has 118 valence electrons. The molecule has 0 unspecified atom stereocenters. The van der Waals surface area contributed by atoms with Crippen LogP contribution in [0.4, 0.5) is 0 Å². The molecule has 21 heavy (non-hydrogen) atoms. The second-order valence-corrected chi connectivity index (χ2v) is 7.01. The van der Waals surface area contributed by atoms with Crippen molar-refractivity contribution in [2.75, 3.05) is 14.2 Å². The molecule has 1 heterocycles. The first-order valence-electron chi connectivity index (χ1n) is 7.52. The largest absolute Gasteiger partial charge is 0.388 e. The van der Waals surface area contributed by atoms with E-state index < -0.39 is 6.10 Å². The number of thiophene rings is 1. The Morgan fingerprint density at radius 2 is 2.19 bits per heavy atom. The highest BCUT2D eigenvalue weighted by atomic mass is 32.1. The maximum absolute atomic E-state index is 12.6. The van der Waals surface area contributed by atoms with Crippen LogP contribution in [0.2, 0.25) is 0 Å². The Hall–Kier alpha value is -0.910. The van der Waals surface area contributed by atoms with Gasteiger partial charge in [0, 0.05) is 24.4 Å². The summed E-state index contributed by atoms with van der Waals surface area (Å²) in [5, 5.41) is 12.3. The highest BCUT2D eigenvalue weighted by Gasteiger charge is 2.36. The zero-order valence-electron chi connectivity index (χ0n) is 13.2. The van der Waals surface area contributed by atoms with Crippen LogP contribution >= 0.6 is 11.3 Å². The van der Waals surface area contributed by atoms with Crippen molar-refractivity contribution >= 4 is 17.2 Å². The first kappa shape index (κ1) is 16.5. The second-order valence-electron chi connectivity index (χ2n) is 6.07. The molecule has 1 aromatic rings. The fourth-order valence-corrected chi connectivity index (χ4v) is 3.82. The molecule has 1 aliphatic rings. The van der Waals surface area contributed by atoms with E-state index in [1.807, 2.05) is 11.4 Å². The van der Waals surface area contributed by atoms with Gasteiger partial charge in [-0.25, -0.2) is 0 Å². The van der Waals surface area contributed by atoms with E-state index in [0.29, 0.717) is 5.92 Å². The van der Waals surface area contributed by atoms with Gasteiger partial charge in [0.25, 0.3) is 5.91 Å². The fourth-order valence-electron chi connectivity index (χ4n) is 2.92. The number of nitrogens with zero attached hydrogens (tertiary/aromatic N) is 1. The first-order chi connectivity index (χ1) is 9.95. The number of carbonyl (C=O) groups is 1. The smallest absolute Gasteiger partial charge is 0.254 e. The number of carbonyl (C=O) groups excluding carboxylic acids is 1. The second kappa shape index (κ2) is 6.90. The quantitative estimate of drug-likeness (QED) is 0.930. The summed E-state index contributed by atoms with van der Waals surface area (Å²) in [6.07, 6.45) is 1.86. The van der Waals surface area contributed by atoms with E-state index in [9.17, 15) is 9.90 Å². The molecule has 0 radical (unpaired) electrons. The molecule has 1 amide bonds. The lowest BCUT2D eigenvalue weighted by molar-refractivity contribution is -0.0714. The lowest BCUT2D eigenvalue weighted by Crippen LogP contribution is -2.52. The lowest BCUT2D eigenvalue weighted by Gasteiger charge is -2.39. The number of methoxy groups -OCH3 is 1. The summed E-state index contributed by atoms with van der Waals surface area (Å²) in [6, 6.07) is 1.80. The zero-order valence-corrected chi connectivity index (χ0v) is 14.0. The summed E-state index contributed by atoms with van der Waals surface area (Å²) in [6.45, 7) is 4.25. The topological polar surface area (TPSA) is 49.8 Å². The molecule has 0 saturated heterocycles. The average molecular weight is 311 g/mol. The van der Waals surface area contributed by atoms with Crippen molar-refractivity contribution in [3.05, 3.63) is 21.9 Å². The van der Waals surface area contributed by atoms with Crippen LogP contribution in [0, 0.1) is 0 Å². The molecule has 1 fully saturated rings. The van der Waals surface area contributed by atoms with Crippen LogP contribution in [-0.4, -0.2) is 48.3 Å². The SMILES string of the molecule is CO[C@@H]1CCC[C@@H](N(C)C(=O)c2csc(C(C)C)c2)[C@H]1O. The molecule has 0 spiro atoms. The van der Waals surface area contributed by atoms with Crippen molar-refractivity contribution in [2.24, 2.45) is 0 Å². The Kier molecular flexibility index (Phi) is 5.41. The van der Waals surface area contributed by atoms with Gasteiger partial charge in [0.15, 0.2) is 0 Å². The van der Waals surface area contributed by atoms with Crippen molar-refractivity contribution in [2.45, 2.75) is 57.3 Å². The standard InChI is InChI=1S/C16H25NO3S/c1-10(2)14-8-11(9-21-14)16(19)17(3)12-6-5-7-13(20-4)15(12)18/h8-10,12-13,15,18H,5-7H2,1-4H3/t12-,13-,15-/m1/s1. The van der Waals surface area contributed by atoms with Gasteiger partial charge in [-0.2, -0.15) is 0 Å². The van der Waals surface area contributed by atoms with E-state index in [4.69, 9.17) is 4.74 Å². The highest BCUT2D eigenvalue weighted by Crippen LogP contribution is 2.28. The molecular formula is C16H25NO3S. The van der Waals surface area contributed by atoms with Crippen LogP contribution in [0.25, 0.3) is 0 Å². The number of rotatable bonds is 4. The summed E-state index contributed by atoms with van der Waals surface area (Å²) in [5.74, 6) is 0.416. The van der Waals surface area contributed by atoms with Crippen molar-refractivity contribution in [3.8, 4) is 0 Å². The van der Waals surface area contributed by atoms with Gasteiger partial charge in [0.05, 0.1) is 17.7 Å². The van der Waals surface area contributed by atoms with E-state index in [2.05, 4.69) is 13.8 Å². The normalized spacial score (nSPS) is 26.1. The van der Waals surface area contributed by atoms with Gasteiger partial charge < -0.3 is 14.7 Å². The van der Waals surface area contributed by atoms with E-state index >= 15 is 0 Å². The third-order valence-electron chi connectivity index (χ3n) is 4.32. The Morgan fingerprint density at radius 1 is 1.48 bits per heavy atom. The third-order valence-corrected chi connectivity index (χ3v) is 5.55. The number of aliphatic hydroxyl groups is 1. The summed E-state index contributed by atoms with van der Waals surface area (Å²) >= 11 is 1.62. The average Bonchev–Trinajstić information content (AvgIpc) is 2.96. The van der Waals surface area contributed by atoms with Crippen LogP contribution in [0.3, 0.4) is 0 Å². The Bertz CT molecular complexity index is 486. The van der Waals surface area contributed by atoms with Crippen LogP contribution in [-0.2, 0) is 4.74 Å². The van der Waals surface area contributed by atoms with Crippen LogP contribution in [0.15, 0.2) is 11.4 Å². The van der Waals surface area contributed by atoms with Gasteiger partial charge in [-0.05, 0) is 31.2 Å². The molecular weight excluding hydrogens is 286 g/mol. The number of amides is 1. The Morgan fingerprint density at radius 3 is 2.76 bits per heavy atom. The predicted octanol–water partition coefficient (Wildman–Crippen LogP) is 2.87. The summed E-state index contributed by atoms with van der Waals surface area (Å²) < 4.78 is 5.32. The van der Waals surface area contributed by atoms with Gasteiger partial charge in [-0.1, -0.05) is 13.8 Å². The van der Waals surface area contributed by atoms with Gasteiger partial charge in [-0.3, -0.25) is 4.79 Å². The maximum Gasteiger partial charge on any atom is 0.254 e. The number of likely N-dealkylation sites (N-methyl/N-ethyl adjacent to an activating group) is 1. The monoisotopic (exact) mass is 311 g/mol. The van der Waals surface area contributed by atoms with Gasteiger partial charge >= 0.3 is 0 Å². The number of aliphatic hydroxyl groups excluding tert-OH is 1. The van der Waals surface area contributed by atoms with Crippen molar-refractivity contribution in [1.82, 2.24) is 4.90 Å². The van der Waals surface area contributed by atoms with Crippen LogP contribution in [0.1, 0.15) is 54.3 Å². The van der Waals surface area contributed by atoms with Crippen molar-refractivity contribution < 1.29 is 14.6 Å². The van der Waals surface area contributed by atoms with Crippen molar-refractivity contribution in [1.29, 1.82) is 0 Å². The van der Waals surface area contributed by atoms with E-state index in [-0.39, 0.29) is 18.1 Å². The third kappa shape index (κ3) is 3.47. The number of hydrogen-bond donors (Lipinski definition) is 1. The summed E-state index contributed by atoms with van der Waals surface area (Å²) in [7, 11) is 3.40. The molecule has 0 bridgehead atoms. The minimum absolute atomic E-state index is 0.0149. The molecule has 1 aliphatic carbocycles. The van der Waals surface area contributed by atoms with E-state index in [1.54, 1.807) is 30.4 Å². The summed E-state index contributed by atoms with van der Waals surface area (Å²) in [5.41, 5.74) is 0.720. The summed E-state index contributed by atoms with van der Waals surface area (Å²) in [4.78, 5) is 15.5. The molecule has 1 saturated carbocycles. The molecule has 1 N–H and O–H groups in total. The minimum atomic E-state index is -0.610. The maximum atomic E-state index is 12.6. The molecule has 0 aliphatic heterocycles. The predicted molar refractivity (Wildman–Crippen MR) is 84.9 cm³/mol. The van der Waals surface area contributed by atoms with Crippen LogP contribution < -0.4 is 0 Å². The zero-order chi connectivity index (χ0) is 15.6. The first-order valence-corrected chi connectivity index (χ1v) is 8.40. The molecule has 0 aromatic carbocycles. The Balaban J connectivity index is 2.10. The van der Waals surface area contributed by atoms with Crippen molar-refractivity contribution in [3.63, 3.8) is 0 Å². The van der Waals surface area contributed by atoms with Gasteiger partial charge in [0.1, 0.15) is 6.10 Å². The fraction of sp³-hybridized carbons (Fsp3) is 0.688. The number of ether oxygens (including phenoxy) is 1. The minimum Gasteiger partial charge on any atom is -0.388 e. The molecule has 4 nitrogen and oxygen atoms in total. The lowest BCUT2D eigenvalue weighted by atomic mass is 9.89.